The predicted octanol–water partition coefficient (Wildman–Crippen LogP) is 2.12. The largest absolute Gasteiger partial charge is 0.493 e. The van der Waals surface area contributed by atoms with Crippen molar-refractivity contribution in [3.63, 3.8) is 0 Å². The Bertz CT molecular complexity index is 436. The van der Waals surface area contributed by atoms with Gasteiger partial charge in [-0.25, -0.2) is 4.39 Å². The molecule has 2 rings (SSSR count). The Balaban J connectivity index is 2.34. The molecular formula is C11H11BrFNO2. The minimum Gasteiger partial charge on any atom is -0.493 e. The molecule has 0 bridgehead atoms. The Kier molecular flexibility index (Phi) is 3.14. The van der Waals surface area contributed by atoms with E-state index in [0.29, 0.717) is 28.9 Å². The number of hydrogen-bond donors (Lipinski definition) is 0. The van der Waals surface area contributed by atoms with Crippen molar-refractivity contribution in [1.82, 2.24) is 0 Å². The summed E-state index contributed by atoms with van der Waals surface area (Å²) in [5.74, 6) is -0.0271. The molecule has 1 aliphatic rings. The highest BCUT2D eigenvalue weighted by Gasteiger charge is 2.28. The molecule has 0 saturated heterocycles. The standard InChI is InChI=1S/C11H11BrFNO2/c1-14-10(15)5-7-4-8(16-3-2-12)6-9(13)11(7)14/h4,6H,2-3,5H2,1H3. The Morgan fingerprint density at radius 2 is 2.31 bits per heavy atom. The van der Waals surface area contributed by atoms with Crippen molar-refractivity contribution in [2.45, 2.75) is 6.42 Å². The summed E-state index contributed by atoms with van der Waals surface area (Å²) < 4.78 is 19.0. The normalized spacial score (nSPS) is 14.2. The van der Waals surface area contributed by atoms with Crippen LogP contribution < -0.4 is 9.64 Å². The van der Waals surface area contributed by atoms with E-state index < -0.39 is 5.82 Å². The fraction of sp³-hybridized carbons (Fsp3) is 0.364. The van der Waals surface area contributed by atoms with Crippen LogP contribution in [0.2, 0.25) is 0 Å². The Morgan fingerprint density at radius 1 is 1.56 bits per heavy atom. The molecule has 0 spiro atoms. The molecule has 5 heteroatoms. The van der Waals surface area contributed by atoms with Crippen molar-refractivity contribution in [3.05, 3.63) is 23.5 Å². The van der Waals surface area contributed by atoms with E-state index in [2.05, 4.69) is 15.9 Å². The van der Waals surface area contributed by atoms with Crippen molar-refractivity contribution in [2.24, 2.45) is 0 Å². The molecule has 86 valence electrons. The number of ether oxygens (including phenoxy) is 1. The monoisotopic (exact) mass is 287 g/mol. The van der Waals surface area contributed by atoms with E-state index in [1.54, 1.807) is 13.1 Å². The number of carbonyl (C=O) groups is 1. The molecule has 16 heavy (non-hydrogen) atoms. The van der Waals surface area contributed by atoms with Crippen molar-refractivity contribution in [2.75, 3.05) is 23.9 Å². The lowest BCUT2D eigenvalue weighted by Gasteiger charge is -2.12. The van der Waals surface area contributed by atoms with Crippen LogP contribution in [0.3, 0.4) is 0 Å². The number of alkyl halides is 1. The van der Waals surface area contributed by atoms with E-state index in [1.807, 2.05) is 0 Å². The SMILES string of the molecule is CN1C(=O)Cc2cc(OCCBr)cc(F)c21. The van der Waals surface area contributed by atoms with Crippen LogP contribution in [0.1, 0.15) is 5.56 Å². The Morgan fingerprint density at radius 3 is 3.00 bits per heavy atom. The zero-order valence-electron chi connectivity index (χ0n) is 8.80. The molecule has 3 nitrogen and oxygen atoms in total. The summed E-state index contributed by atoms with van der Waals surface area (Å²) in [7, 11) is 1.58. The number of hydrogen-bond acceptors (Lipinski definition) is 2. The van der Waals surface area contributed by atoms with E-state index in [9.17, 15) is 9.18 Å². The highest BCUT2D eigenvalue weighted by molar-refractivity contribution is 9.09. The van der Waals surface area contributed by atoms with Crippen molar-refractivity contribution in [3.8, 4) is 5.75 Å². The molecule has 0 radical (unpaired) electrons. The molecule has 0 unspecified atom stereocenters. The average molecular weight is 288 g/mol. The summed E-state index contributed by atoms with van der Waals surface area (Å²) in [5.41, 5.74) is 1.06. The van der Waals surface area contributed by atoms with Crippen LogP contribution in [-0.2, 0) is 11.2 Å². The van der Waals surface area contributed by atoms with Gasteiger partial charge < -0.3 is 9.64 Å². The number of rotatable bonds is 3. The van der Waals surface area contributed by atoms with Gasteiger partial charge in [-0.2, -0.15) is 0 Å². The van der Waals surface area contributed by atoms with E-state index >= 15 is 0 Å². The van der Waals surface area contributed by atoms with Gasteiger partial charge in [0.05, 0.1) is 18.7 Å². The Hall–Kier alpha value is -1.10. The van der Waals surface area contributed by atoms with Gasteiger partial charge in [-0.15, -0.1) is 0 Å². The van der Waals surface area contributed by atoms with Gasteiger partial charge in [0.15, 0.2) is 5.82 Å². The summed E-state index contributed by atoms with van der Waals surface area (Å²) in [5, 5.41) is 0.685. The smallest absolute Gasteiger partial charge is 0.231 e. The molecule has 0 saturated carbocycles. The molecule has 0 N–H and O–H groups in total. The summed E-state index contributed by atoms with van der Waals surface area (Å²) >= 11 is 3.23. The van der Waals surface area contributed by atoms with Crippen LogP contribution >= 0.6 is 15.9 Å². The van der Waals surface area contributed by atoms with Crippen molar-refractivity contribution in [1.29, 1.82) is 0 Å². The first-order chi connectivity index (χ1) is 7.63. The van der Waals surface area contributed by atoms with E-state index in [4.69, 9.17) is 4.74 Å². The van der Waals surface area contributed by atoms with Gasteiger partial charge in [0.1, 0.15) is 5.75 Å². The van der Waals surface area contributed by atoms with Gasteiger partial charge in [-0.3, -0.25) is 4.79 Å². The van der Waals surface area contributed by atoms with Gasteiger partial charge >= 0.3 is 0 Å². The second-order valence-corrected chi connectivity index (χ2v) is 4.37. The Labute approximate surface area is 101 Å². The third kappa shape index (κ3) is 1.91. The molecule has 0 atom stereocenters. The second-order valence-electron chi connectivity index (χ2n) is 3.58. The second kappa shape index (κ2) is 4.41. The summed E-state index contributed by atoms with van der Waals surface area (Å²) in [6.45, 7) is 0.474. The fourth-order valence-corrected chi connectivity index (χ4v) is 1.95. The lowest BCUT2D eigenvalue weighted by molar-refractivity contribution is -0.117. The third-order valence-corrected chi connectivity index (χ3v) is 2.84. The molecule has 1 heterocycles. The lowest BCUT2D eigenvalue weighted by atomic mass is 10.1. The summed E-state index contributed by atoms with van der Waals surface area (Å²) in [4.78, 5) is 12.8. The van der Waals surface area contributed by atoms with Gasteiger partial charge in [-0.05, 0) is 11.6 Å². The average Bonchev–Trinajstić information content (AvgIpc) is 2.52. The van der Waals surface area contributed by atoms with E-state index in [-0.39, 0.29) is 12.3 Å². The predicted molar refractivity (Wildman–Crippen MR) is 62.8 cm³/mol. The topological polar surface area (TPSA) is 29.5 Å². The first-order valence-electron chi connectivity index (χ1n) is 4.91. The number of fused-ring (bicyclic) bond motifs is 1. The van der Waals surface area contributed by atoms with Gasteiger partial charge in [0.2, 0.25) is 5.91 Å². The molecule has 1 aliphatic heterocycles. The number of benzene rings is 1. The highest BCUT2D eigenvalue weighted by Crippen LogP contribution is 2.34. The van der Waals surface area contributed by atoms with Crippen molar-refractivity contribution >= 4 is 27.5 Å². The zero-order chi connectivity index (χ0) is 11.7. The first kappa shape index (κ1) is 11.4. The molecule has 1 amide bonds. The van der Waals surface area contributed by atoms with Crippen LogP contribution in [0.4, 0.5) is 10.1 Å². The maximum Gasteiger partial charge on any atom is 0.231 e. The number of likely N-dealkylation sites (N-methyl/N-ethyl adjacent to an activating group) is 1. The van der Waals surface area contributed by atoms with Gasteiger partial charge in [0, 0.05) is 18.4 Å². The third-order valence-electron chi connectivity index (χ3n) is 2.51. The van der Waals surface area contributed by atoms with E-state index in [0.717, 1.165) is 0 Å². The van der Waals surface area contributed by atoms with Gasteiger partial charge in [-0.1, -0.05) is 15.9 Å². The molecule has 0 fully saturated rings. The number of halogens is 2. The zero-order valence-corrected chi connectivity index (χ0v) is 10.4. The molecule has 1 aromatic carbocycles. The minimum atomic E-state index is -0.407. The van der Waals surface area contributed by atoms with E-state index in [1.165, 1.54) is 11.0 Å². The van der Waals surface area contributed by atoms with Gasteiger partial charge in [0.25, 0.3) is 0 Å². The fourth-order valence-electron chi connectivity index (χ4n) is 1.78. The molecule has 0 aliphatic carbocycles. The number of anilines is 1. The maximum atomic E-state index is 13.7. The van der Waals surface area contributed by atoms with Crippen LogP contribution in [-0.4, -0.2) is 24.9 Å². The number of amides is 1. The van der Waals surface area contributed by atoms with Crippen LogP contribution in [0.15, 0.2) is 12.1 Å². The highest BCUT2D eigenvalue weighted by atomic mass is 79.9. The number of nitrogens with zero attached hydrogens (tertiary/aromatic N) is 1. The maximum absolute atomic E-state index is 13.7. The lowest BCUT2D eigenvalue weighted by Crippen LogP contribution is -2.21. The summed E-state index contributed by atoms with van der Waals surface area (Å²) in [6, 6.07) is 3.04. The minimum absolute atomic E-state index is 0.0912. The number of carbonyl (C=O) groups excluding carboxylic acids is 1. The first-order valence-corrected chi connectivity index (χ1v) is 6.03. The molecular weight excluding hydrogens is 277 g/mol. The summed E-state index contributed by atoms with van der Waals surface area (Å²) in [6.07, 6.45) is 0.244. The van der Waals surface area contributed by atoms with Crippen LogP contribution in [0.25, 0.3) is 0 Å². The molecule has 1 aromatic rings. The molecule has 0 aromatic heterocycles. The van der Waals surface area contributed by atoms with Crippen LogP contribution in [0, 0.1) is 5.82 Å². The quantitative estimate of drug-likeness (QED) is 0.797. The van der Waals surface area contributed by atoms with Crippen LogP contribution in [0.5, 0.6) is 5.75 Å². The van der Waals surface area contributed by atoms with Crippen molar-refractivity contribution < 1.29 is 13.9 Å².